The summed E-state index contributed by atoms with van der Waals surface area (Å²) in [6.45, 7) is 7.51. The predicted octanol–water partition coefficient (Wildman–Crippen LogP) is 3.97. The standard InChI is InChI=1S/C16H21N3S/c1-12-9-14(13(2)20-12)10-17-15-5-6-16(18-11-15)19-7-3-4-8-19/h5-6,9,11,17H,3-4,7-8,10H2,1-2H3. The molecule has 1 fully saturated rings. The maximum atomic E-state index is 4.57. The maximum Gasteiger partial charge on any atom is 0.128 e. The first-order chi connectivity index (χ1) is 9.72. The number of aromatic nitrogens is 1. The number of nitrogens with one attached hydrogen (secondary N) is 1. The predicted molar refractivity (Wildman–Crippen MR) is 86.8 cm³/mol. The van der Waals surface area contributed by atoms with Crippen molar-refractivity contribution in [3.8, 4) is 0 Å². The summed E-state index contributed by atoms with van der Waals surface area (Å²) >= 11 is 1.86. The first-order valence-corrected chi connectivity index (χ1v) is 8.05. The molecule has 1 aliphatic rings. The Morgan fingerprint density at radius 3 is 2.65 bits per heavy atom. The highest BCUT2D eigenvalue weighted by Gasteiger charge is 2.12. The molecule has 1 saturated heterocycles. The molecule has 4 heteroatoms. The van der Waals surface area contributed by atoms with Crippen molar-refractivity contribution in [2.24, 2.45) is 0 Å². The van der Waals surface area contributed by atoms with Gasteiger partial charge in [0.1, 0.15) is 5.82 Å². The van der Waals surface area contributed by atoms with Crippen LogP contribution in [-0.4, -0.2) is 18.1 Å². The van der Waals surface area contributed by atoms with Crippen LogP contribution in [0.25, 0.3) is 0 Å². The fourth-order valence-corrected chi connectivity index (χ4v) is 3.63. The summed E-state index contributed by atoms with van der Waals surface area (Å²) in [7, 11) is 0. The lowest BCUT2D eigenvalue weighted by atomic mass is 10.2. The summed E-state index contributed by atoms with van der Waals surface area (Å²) in [5, 5.41) is 3.46. The number of nitrogens with zero attached hydrogens (tertiary/aromatic N) is 2. The van der Waals surface area contributed by atoms with Crippen molar-refractivity contribution >= 4 is 22.8 Å². The van der Waals surface area contributed by atoms with Crippen LogP contribution in [0.5, 0.6) is 0 Å². The zero-order valence-electron chi connectivity index (χ0n) is 12.1. The van der Waals surface area contributed by atoms with Gasteiger partial charge in [0, 0.05) is 29.4 Å². The van der Waals surface area contributed by atoms with Crippen molar-refractivity contribution < 1.29 is 0 Å². The molecule has 3 heterocycles. The van der Waals surface area contributed by atoms with Gasteiger partial charge in [-0.25, -0.2) is 4.98 Å². The molecule has 106 valence electrons. The van der Waals surface area contributed by atoms with Crippen LogP contribution in [-0.2, 0) is 6.54 Å². The van der Waals surface area contributed by atoms with E-state index in [9.17, 15) is 0 Å². The molecule has 0 spiro atoms. The van der Waals surface area contributed by atoms with E-state index < -0.39 is 0 Å². The van der Waals surface area contributed by atoms with Gasteiger partial charge in [-0.3, -0.25) is 0 Å². The summed E-state index contributed by atoms with van der Waals surface area (Å²) in [4.78, 5) is 9.70. The van der Waals surface area contributed by atoms with Gasteiger partial charge >= 0.3 is 0 Å². The van der Waals surface area contributed by atoms with Crippen molar-refractivity contribution in [3.63, 3.8) is 0 Å². The zero-order valence-corrected chi connectivity index (χ0v) is 13.0. The highest BCUT2D eigenvalue weighted by Crippen LogP contribution is 2.22. The van der Waals surface area contributed by atoms with Gasteiger partial charge in [-0.15, -0.1) is 11.3 Å². The Kier molecular flexibility index (Phi) is 3.92. The van der Waals surface area contributed by atoms with Gasteiger partial charge in [0.05, 0.1) is 11.9 Å². The quantitative estimate of drug-likeness (QED) is 0.922. The lowest BCUT2D eigenvalue weighted by molar-refractivity contribution is 0.937. The zero-order chi connectivity index (χ0) is 13.9. The van der Waals surface area contributed by atoms with E-state index >= 15 is 0 Å². The van der Waals surface area contributed by atoms with Gasteiger partial charge in [-0.2, -0.15) is 0 Å². The van der Waals surface area contributed by atoms with Crippen LogP contribution in [0.3, 0.4) is 0 Å². The number of hydrogen-bond acceptors (Lipinski definition) is 4. The molecule has 3 nitrogen and oxygen atoms in total. The van der Waals surface area contributed by atoms with E-state index in [4.69, 9.17) is 0 Å². The molecule has 20 heavy (non-hydrogen) atoms. The third-order valence-electron chi connectivity index (χ3n) is 3.80. The molecular weight excluding hydrogens is 266 g/mol. The lowest BCUT2D eigenvalue weighted by Crippen LogP contribution is -2.18. The van der Waals surface area contributed by atoms with Crippen LogP contribution in [0.15, 0.2) is 24.4 Å². The summed E-state index contributed by atoms with van der Waals surface area (Å²) < 4.78 is 0. The maximum absolute atomic E-state index is 4.57. The van der Waals surface area contributed by atoms with E-state index in [1.807, 2.05) is 17.5 Å². The number of hydrogen-bond donors (Lipinski definition) is 1. The van der Waals surface area contributed by atoms with E-state index in [-0.39, 0.29) is 0 Å². The molecule has 2 aromatic rings. The molecule has 0 radical (unpaired) electrons. The van der Waals surface area contributed by atoms with Crippen molar-refractivity contribution in [1.82, 2.24) is 4.98 Å². The highest BCUT2D eigenvalue weighted by molar-refractivity contribution is 7.12. The first-order valence-electron chi connectivity index (χ1n) is 7.23. The van der Waals surface area contributed by atoms with Crippen LogP contribution in [0, 0.1) is 13.8 Å². The van der Waals surface area contributed by atoms with Gasteiger partial charge in [-0.05, 0) is 50.5 Å². The Bertz CT molecular complexity index is 568. The second-order valence-electron chi connectivity index (χ2n) is 5.39. The summed E-state index contributed by atoms with van der Waals surface area (Å²) in [5.41, 5.74) is 2.48. The lowest BCUT2D eigenvalue weighted by Gasteiger charge is -2.16. The van der Waals surface area contributed by atoms with Gasteiger partial charge < -0.3 is 10.2 Å². The van der Waals surface area contributed by atoms with Gasteiger partial charge in [-0.1, -0.05) is 0 Å². The fraction of sp³-hybridized carbons (Fsp3) is 0.438. The Balaban J connectivity index is 1.62. The molecule has 0 aliphatic carbocycles. The number of pyridine rings is 1. The largest absolute Gasteiger partial charge is 0.380 e. The molecule has 0 amide bonds. The molecule has 0 bridgehead atoms. The number of anilines is 2. The molecule has 2 aromatic heterocycles. The Morgan fingerprint density at radius 1 is 1.25 bits per heavy atom. The second kappa shape index (κ2) is 5.83. The molecule has 1 N–H and O–H groups in total. The van der Waals surface area contributed by atoms with E-state index in [1.165, 1.54) is 28.2 Å². The van der Waals surface area contributed by atoms with Crippen LogP contribution in [0.1, 0.15) is 28.2 Å². The van der Waals surface area contributed by atoms with Gasteiger partial charge in [0.15, 0.2) is 0 Å². The third kappa shape index (κ3) is 2.96. The topological polar surface area (TPSA) is 28.2 Å². The van der Waals surface area contributed by atoms with Crippen LogP contribution in [0.2, 0.25) is 0 Å². The number of thiophene rings is 1. The highest BCUT2D eigenvalue weighted by atomic mass is 32.1. The smallest absolute Gasteiger partial charge is 0.128 e. The van der Waals surface area contributed by atoms with Gasteiger partial charge in [0.2, 0.25) is 0 Å². The summed E-state index contributed by atoms with van der Waals surface area (Å²) in [5.74, 6) is 1.11. The minimum absolute atomic E-state index is 0.876. The minimum Gasteiger partial charge on any atom is -0.380 e. The number of rotatable bonds is 4. The Morgan fingerprint density at radius 2 is 2.05 bits per heavy atom. The normalized spacial score (nSPS) is 14.8. The minimum atomic E-state index is 0.876. The Hall–Kier alpha value is -1.55. The molecular formula is C16H21N3S. The number of aryl methyl sites for hydroxylation is 2. The van der Waals surface area contributed by atoms with Crippen molar-refractivity contribution in [2.45, 2.75) is 33.2 Å². The molecule has 1 aliphatic heterocycles. The van der Waals surface area contributed by atoms with E-state index in [1.54, 1.807) is 0 Å². The summed E-state index contributed by atoms with van der Waals surface area (Å²) in [6, 6.07) is 6.52. The second-order valence-corrected chi connectivity index (χ2v) is 6.85. The average molecular weight is 287 g/mol. The SMILES string of the molecule is Cc1cc(CNc2ccc(N3CCCC3)nc2)c(C)s1. The Labute approximate surface area is 124 Å². The molecule has 0 atom stereocenters. The van der Waals surface area contributed by atoms with Crippen molar-refractivity contribution in [3.05, 3.63) is 39.7 Å². The average Bonchev–Trinajstić information content (AvgIpc) is 3.07. The first kappa shape index (κ1) is 13.4. The van der Waals surface area contributed by atoms with E-state index in [0.717, 1.165) is 31.1 Å². The van der Waals surface area contributed by atoms with E-state index in [0.29, 0.717) is 0 Å². The monoisotopic (exact) mass is 287 g/mol. The molecule has 0 saturated carbocycles. The molecule has 0 unspecified atom stereocenters. The van der Waals surface area contributed by atoms with E-state index in [2.05, 4.69) is 47.2 Å². The van der Waals surface area contributed by atoms with Crippen molar-refractivity contribution in [2.75, 3.05) is 23.3 Å². The van der Waals surface area contributed by atoms with Crippen LogP contribution < -0.4 is 10.2 Å². The molecule has 3 rings (SSSR count). The third-order valence-corrected chi connectivity index (χ3v) is 4.81. The summed E-state index contributed by atoms with van der Waals surface area (Å²) in [6.07, 6.45) is 4.53. The van der Waals surface area contributed by atoms with Crippen LogP contribution in [0.4, 0.5) is 11.5 Å². The van der Waals surface area contributed by atoms with Crippen molar-refractivity contribution in [1.29, 1.82) is 0 Å². The van der Waals surface area contributed by atoms with Crippen LogP contribution >= 0.6 is 11.3 Å². The fourth-order valence-electron chi connectivity index (χ4n) is 2.68. The van der Waals surface area contributed by atoms with Gasteiger partial charge in [0.25, 0.3) is 0 Å². The molecule has 0 aromatic carbocycles.